The zero-order valence-electron chi connectivity index (χ0n) is 14.1. The lowest BCUT2D eigenvalue weighted by molar-refractivity contribution is 0.0946. The Kier molecular flexibility index (Phi) is 5.10. The number of thiophene rings is 1. The van der Waals surface area contributed by atoms with Crippen LogP contribution in [0.5, 0.6) is 0 Å². The average Bonchev–Trinajstić information content (AvgIpc) is 3.41. The van der Waals surface area contributed by atoms with E-state index in [4.69, 9.17) is 16.0 Å². The molecule has 3 aromatic heterocycles. The fraction of sp³-hybridized carbons (Fsp3) is 0.333. The summed E-state index contributed by atoms with van der Waals surface area (Å²) < 4.78 is 7.24. The van der Waals surface area contributed by atoms with Crippen molar-refractivity contribution in [3.63, 3.8) is 0 Å². The van der Waals surface area contributed by atoms with Gasteiger partial charge in [0.2, 0.25) is 0 Å². The van der Waals surface area contributed by atoms with Gasteiger partial charge in [0.15, 0.2) is 0 Å². The summed E-state index contributed by atoms with van der Waals surface area (Å²) in [6.45, 7) is 2.54. The molecule has 0 spiro atoms. The van der Waals surface area contributed by atoms with Crippen molar-refractivity contribution in [3.05, 3.63) is 57.3 Å². The molecule has 1 aliphatic rings. The second-order valence-electron chi connectivity index (χ2n) is 6.27. The summed E-state index contributed by atoms with van der Waals surface area (Å²) in [6.07, 6.45) is 4.98. The van der Waals surface area contributed by atoms with E-state index in [1.54, 1.807) is 6.07 Å². The van der Waals surface area contributed by atoms with E-state index in [9.17, 15) is 4.79 Å². The molecule has 26 heavy (non-hydrogen) atoms. The Balaban J connectivity index is 1.60. The Hall–Kier alpha value is -2.09. The first-order valence-electron chi connectivity index (χ1n) is 8.56. The molecule has 136 valence electrons. The van der Waals surface area contributed by atoms with Crippen LogP contribution in [0.1, 0.15) is 39.7 Å². The van der Waals surface area contributed by atoms with Crippen LogP contribution in [0.15, 0.2) is 41.2 Å². The van der Waals surface area contributed by atoms with Crippen LogP contribution in [0.3, 0.4) is 0 Å². The number of carbonyl (C=O) groups is 1. The van der Waals surface area contributed by atoms with Gasteiger partial charge in [-0.2, -0.15) is 9.78 Å². The Bertz CT molecular complexity index is 881. The first-order valence-corrected chi connectivity index (χ1v) is 9.76. The first-order chi connectivity index (χ1) is 12.7. The zero-order chi connectivity index (χ0) is 17.9. The van der Waals surface area contributed by atoms with Crippen molar-refractivity contribution in [3.8, 4) is 0 Å². The molecular formula is C18H19ClN4O2S. The molecule has 1 saturated heterocycles. The summed E-state index contributed by atoms with van der Waals surface area (Å²) in [5, 5.41) is 11.3. The number of rotatable bonds is 5. The van der Waals surface area contributed by atoms with Gasteiger partial charge >= 0.3 is 0 Å². The van der Waals surface area contributed by atoms with E-state index in [-0.39, 0.29) is 5.91 Å². The van der Waals surface area contributed by atoms with E-state index in [0.717, 1.165) is 40.8 Å². The smallest absolute Gasteiger partial charge is 0.283 e. The summed E-state index contributed by atoms with van der Waals surface area (Å²) in [7, 11) is 0. The topological polar surface area (TPSA) is 72.1 Å². The normalized spacial score (nSPS) is 15.3. The molecule has 0 bridgehead atoms. The van der Waals surface area contributed by atoms with Crippen LogP contribution < -0.4 is 10.6 Å². The molecule has 6 nitrogen and oxygen atoms in total. The number of hydrogen-bond acceptors (Lipinski definition) is 6. The van der Waals surface area contributed by atoms with Gasteiger partial charge in [0.1, 0.15) is 12.1 Å². The van der Waals surface area contributed by atoms with E-state index in [1.807, 2.05) is 18.2 Å². The molecule has 1 fully saturated rings. The van der Waals surface area contributed by atoms with Crippen LogP contribution in [0.2, 0.25) is 4.34 Å². The van der Waals surface area contributed by atoms with Crippen LogP contribution in [-0.2, 0) is 6.54 Å². The van der Waals surface area contributed by atoms with Gasteiger partial charge in [0, 0.05) is 16.9 Å². The lowest BCUT2D eigenvalue weighted by Crippen LogP contribution is -2.27. The van der Waals surface area contributed by atoms with E-state index < -0.39 is 0 Å². The molecule has 0 unspecified atom stereocenters. The largest absolute Gasteiger partial charge is 0.472 e. The van der Waals surface area contributed by atoms with Gasteiger partial charge in [-0.05, 0) is 44.1 Å². The third-order valence-corrected chi connectivity index (χ3v) is 5.75. The summed E-state index contributed by atoms with van der Waals surface area (Å²) in [4.78, 5) is 13.9. The summed E-state index contributed by atoms with van der Waals surface area (Å²) in [5.74, 6) is 0.853. The Labute approximate surface area is 160 Å². The number of halogens is 1. The number of carbonyl (C=O) groups excluding carboxylic acids is 1. The third kappa shape index (κ3) is 3.70. The molecule has 0 saturated carbocycles. The second kappa shape index (κ2) is 7.65. The van der Waals surface area contributed by atoms with Crippen molar-refractivity contribution in [1.29, 1.82) is 0 Å². The molecule has 2 N–H and O–H groups in total. The molecule has 0 atom stereocenters. The highest BCUT2D eigenvalue weighted by Crippen LogP contribution is 2.28. The highest BCUT2D eigenvalue weighted by molar-refractivity contribution is 7.16. The van der Waals surface area contributed by atoms with Crippen LogP contribution in [0.25, 0.3) is 0 Å². The van der Waals surface area contributed by atoms with E-state index in [1.165, 1.54) is 28.5 Å². The van der Waals surface area contributed by atoms with Gasteiger partial charge in [0.05, 0.1) is 28.4 Å². The number of nitrogens with one attached hydrogen (secondary N) is 2. The molecule has 4 heterocycles. The number of aromatic nitrogens is 2. The average molecular weight is 391 g/mol. The van der Waals surface area contributed by atoms with Gasteiger partial charge in [-0.25, -0.2) is 0 Å². The predicted octanol–water partition coefficient (Wildman–Crippen LogP) is 3.96. The van der Waals surface area contributed by atoms with Gasteiger partial charge in [-0.15, -0.1) is 11.3 Å². The molecule has 8 heteroatoms. The van der Waals surface area contributed by atoms with Gasteiger partial charge in [0.25, 0.3) is 5.91 Å². The second-order valence-corrected chi connectivity index (χ2v) is 8.07. The van der Waals surface area contributed by atoms with E-state index >= 15 is 0 Å². The highest BCUT2D eigenvalue weighted by atomic mass is 35.5. The Morgan fingerprint density at radius 1 is 1.38 bits per heavy atom. The third-order valence-electron chi connectivity index (χ3n) is 4.52. The van der Waals surface area contributed by atoms with Crippen LogP contribution in [-0.4, -0.2) is 28.8 Å². The Morgan fingerprint density at radius 2 is 2.23 bits per heavy atom. The van der Waals surface area contributed by atoms with Crippen molar-refractivity contribution < 1.29 is 9.21 Å². The SMILES string of the molecule is O=C(c1ccoc1)n1nc(C2CCNCC2)cc1NCc1ccc(Cl)s1. The zero-order valence-corrected chi connectivity index (χ0v) is 15.6. The number of piperidine rings is 1. The minimum absolute atomic E-state index is 0.203. The Morgan fingerprint density at radius 3 is 2.92 bits per heavy atom. The first kappa shape index (κ1) is 17.3. The summed E-state index contributed by atoms with van der Waals surface area (Å²) >= 11 is 7.52. The molecular weight excluding hydrogens is 372 g/mol. The van der Waals surface area contributed by atoms with Crippen molar-refractivity contribution in [2.24, 2.45) is 0 Å². The fourth-order valence-electron chi connectivity index (χ4n) is 3.13. The van der Waals surface area contributed by atoms with Crippen molar-refractivity contribution in [2.45, 2.75) is 25.3 Å². The minimum atomic E-state index is -0.203. The predicted molar refractivity (Wildman–Crippen MR) is 102 cm³/mol. The molecule has 1 aliphatic heterocycles. The van der Waals surface area contributed by atoms with Gasteiger partial charge in [-0.3, -0.25) is 4.79 Å². The van der Waals surface area contributed by atoms with Gasteiger partial charge < -0.3 is 15.1 Å². The molecule has 4 rings (SSSR count). The van der Waals surface area contributed by atoms with Crippen molar-refractivity contribution in [1.82, 2.24) is 15.1 Å². The maximum absolute atomic E-state index is 12.8. The molecule has 0 radical (unpaired) electrons. The maximum Gasteiger partial charge on any atom is 0.283 e. The highest BCUT2D eigenvalue weighted by Gasteiger charge is 2.23. The van der Waals surface area contributed by atoms with E-state index in [2.05, 4.69) is 15.7 Å². The van der Waals surface area contributed by atoms with Crippen molar-refractivity contribution >= 4 is 34.7 Å². The number of nitrogens with zero attached hydrogens (tertiary/aromatic N) is 2. The monoisotopic (exact) mass is 390 g/mol. The van der Waals surface area contributed by atoms with E-state index in [0.29, 0.717) is 23.8 Å². The summed E-state index contributed by atoms with van der Waals surface area (Å²) in [6, 6.07) is 7.49. The van der Waals surface area contributed by atoms with Crippen molar-refractivity contribution in [2.75, 3.05) is 18.4 Å². The quantitative estimate of drug-likeness (QED) is 0.690. The standard InChI is InChI=1S/C18H19ClN4O2S/c19-16-2-1-14(26-16)10-21-17-9-15(12-3-6-20-7-4-12)22-23(17)18(24)13-5-8-25-11-13/h1-2,5,8-9,11-12,20-21H,3-4,6-7,10H2. The number of anilines is 1. The van der Waals surface area contributed by atoms with Crippen LogP contribution in [0.4, 0.5) is 5.82 Å². The lowest BCUT2D eigenvalue weighted by atomic mass is 9.95. The maximum atomic E-state index is 12.8. The number of hydrogen-bond donors (Lipinski definition) is 2. The van der Waals surface area contributed by atoms with Crippen LogP contribution >= 0.6 is 22.9 Å². The number of furan rings is 1. The molecule has 3 aromatic rings. The molecule has 0 aromatic carbocycles. The summed E-state index contributed by atoms with van der Waals surface area (Å²) in [5.41, 5.74) is 1.43. The molecule has 0 aliphatic carbocycles. The van der Waals surface area contributed by atoms with Gasteiger partial charge in [-0.1, -0.05) is 11.6 Å². The molecule has 0 amide bonds. The lowest BCUT2D eigenvalue weighted by Gasteiger charge is -2.20. The fourth-order valence-corrected chi connectivity index (χ4v) is 4.16. The van der Waals surface area contributed by atoms with Crippen LogP contribution in [0, 0.1) is 0 Å². The minimum Gasteiger partial charge on any atom is -0.472 e.